The van der Waals surface area contributed by atoms with Crippen LogP contribution in [0.4, 0.5) is 0 Å². The SMILES string of the molecule is Cc1cccc(OCC(=O)Oc2ccc(/C=C(\C#N)C(=O)NCc3ccco3)cc2)c1C. The molecular weight excluding hydrogens is 408 g/mol. The van der Waals surface area contributed by atoms with E-state index in [2.05, 4.69) is 5.32 Å². The molecule has 1 aromatic heterocycles. The molecule has 1 heterocycles. The Hall–Kier alpha value is -4.31. The van der Waals surface area contributed by atoms with E-state index in [-0.39, 0.29) is 18.7 Å². The van der Waals surface area contributed by atoms with Crippen molar-refractivity contribution in [1.82, 2.24) is 5.32 Å². The van der Waals surface area contributed by atoms with E-state index in [1.165, 1.54) is 12.3 Å². The predicted molar refractivity (Wildman–Crippen MR) is 118 cm³/mol. The molecule has 0 fully saturated rings. The van der Waals surface area contributed by atoms with Gasteiger partial charge in [-0.1, -0.05) is 24.3 Å². The summed E-state index contributed by atoms with van der Waals surface area (Å²) in [5, 5.41) is 11.9. The Morgan fingerprint density at radius 2 is 1.88 bits per heavy atom. The van der Waals surface area contributed by atoms with E-state index in [0.29, 0.717) is 22.8 Å². The molecule has 0 bridgehead atoms. The number of amides is 1. The Labute approximate surface area is 185 Å². The minimum Gasteiger partial charge on any atom is -0.482 e. The lowest BCUT2D eigenvalue weighted by Gasteiger charge is -2.10. The zero-order chi connectivity index (χ0) is 22.9. The van der Waals surface area contributed by atoms with Gasteiger partial charge in [0.05, 0.1) is 12.8 Å². The number of ether oxygens (including phenoxy) is 2. The van der Waals surface area contributed by atoms with Gasteiger partial charge in [-0.3, -0.25) is 4.79 Å². The van der Waals surface area contributed by atoms with E-state index in [0.717, 1.165) is 11.1 Å². The van der Waals surface area contributed by atoms with E-state index < -0.39 is 11.9 Å². The highest BCUT2D eigenvalue weighted by molar-refractivity contribution is 6.01. The number of hydrogen-bond donors (Lipinski definition) is 1. The second kappa shape index (κ2) is 10.6. The molecule has 2 aromatic carbocycles. The van der Waals surface area contributed by atoms with E-state index in [1.54, 1.807) is 42.5 Å². The highest BCUT2D eigenvalue weighted by Gasteiger charge is 2.11. The van der Waals surface area contributed by atoms with Crippen molar-refractivity contribution in [3.05, 3.63) is 88.9 Å². The van der Waals surface area contributed by atoms with Crippen molar-refractivity contribution in [3.8, 4) is 17.6 Å². The van der Waals surface area contributed by atoms with Gasteiger partial charge in [-0.05, 0) is 66.9 Å². The average molecular weight is 430 g/mol. The molecule has 32 heavy (non-hydrogen) atoms. The van der Waals surface area contributed by atoms with Gasteiger partial charge in [-0.25, -0.2) is 4.79 Å². The first kappa shape index (κ1) is 22.4. The molecule has 0 unspecified atom stereocenters. The number of furan rings is 1. The fourth-order valence-corrected chi connectivity index (χ4v) is 2.80. The molecular formula is C25H22N2O5. The summed E-state index contributed by atoms with van der Waals surface area (Å²) in [7, 11) is 0. The van der Waals surface area contributed by atoms with Gasteiger partial charge in [-0.2, -0.15) is 5.26 Å². The minimum atomic E-state index is -0.538. The molecule has 0 aliphatic heterocycles. The zero-order valence-electron chi connectivity index (χ0n) is 17.8. The molecule has 0 atom stereocenters. The van der Waals surface area contributed by atoms with E-state index in [9.17, 15) is 14.9 Å². The van der Waals surface area contributed by atoms with Crippen LogP contribution in [0, 0.1) is 25.2 Å². The third kappa shape index (κ3) is 6.09. The zero-order valence-corrected chi connectivity index (χ0v) is 17.8. The maximum absolute atomic E-state index is 12.2. The average Bonchev–Trinajstić information content (AvgIpc) is 3.31. The summed E-state index contributed by atoms with van der Waals surface area (Å²) >= 11 is 0. The monoisotopic (exact) mass is 430 g/mol. The number of nitriles is 1. The summed E-state index contributed by atoms with van der Waals surface area (Å²) < 4.78 is 16.0. The van der Waals surface area contributed by atoms with Crippen LogP contribution >= 0.6 is 0 Å². The molecule has 1 N–H and O–H groups in total. The Balaban J connectivity index is 1.55. The molecule has 1 amide bonds. The van der Waals surface area contributed by atoms with E-state index in [4.69, 9.17) is 13.9 Å². The van der Waals surface area contributed by atoms with Gasteiger partial charge in [0.25, 0.3) is 5.91 Å². The van der Waals surface area contributed by atoms with Crippen LogP contribution < -0.4 is 14.8 Å². The Morgan fingerprint density at radius 1 is 1.09 bits per heavy atom. The quantitative estimate of drug-likeness (QED) is 0.250. The predicted octanol–water partition coefficient (Wildman–Crippen LogP) is 4.10. The summed E-state index contributed by atoms with van der Waals surface area (Å²) in [6.45, 7) is 3.86. The summed E-state index contributed by atoms with van der Waals surface area (Å²) in [4.78, 5) is 24.3. The van der Waals surface area contributed by atoms with Crippen LogP contribution in [-0.4, -0.2) is 18.5 Å². The first-order valence-corrected chi connectivity index (χ1v) is 9.88. The van der Waals surface area contributed by atoms with Gasteiger partial charge in [0.2, 0.25) is 0 Å². The summed E-state index contributed by atoms with van der Waals surface area (Å²) in [6, 6.07) is 17.4. The molecule has 3 rings (SSSR count). The van der Waals surface area contributed by atoms with E-state index >= 15 is 0 Å². The fraction of sp³-hybridized carbons (Fsp3) is 0.160. The van der Waals surface area contributed by atoms with Gasteiger partial charge in [-0.15, -0.1) is 0 Å². The minimum absolute atomic E-state index is 0.0526. The molecule has 0 spiro atoms. The molecule has 0 saturated heterocycles. The van der Waals surface area contributed by atoms with Crippen LogP contribution in [0.15, 0.2) is 70.9 Å². The first-order valence-electron chi connectivity index (χ1n) is 9.88. The standard InChI is InChI=1S/C25H22N2O5/c1-17-5-3-7-23(18(17)2)31-16-24(28)32-21-10-8-19(9-11-21)13-20(14-26)25(29)27-15-22-6-4-12-30-22/h3-13H,15-16H2,1-2H3,(H,27,29)/b20-13+. The number of benzene rings is 2. The second-order valence-corrected chi connectivity index (χ2v) is 6.96. The first-order chi connectivity index (χ1) is 15.5. The number of carbonyl (C=O) groups is 2. The van der Waals surface area contributed by atoms with Crippen molar-refractivity contribution in [2.45, 2.75) is 20.4 Å². The number of aryl methyl sites for hydroxylation is 1. The van der Waals surface area contributed by atoms with Crippen molar-refractivity contribution in [2.75, 3.05) is 6.61 Å². The van der Waals surface area contributed by atoms with E-state index in [1.807, 2.05) is 32.0 Å². The highest BCUT2D eigenvalue weighted by atomic mass is 16.6. The molecule has 0 radical (unpaired) electrons. The summed E-state index contributed by atoms with van der Waals surface area (Å²) in [5.74, 6) is 0.504. The van der Waals surface area contributed by atoms with Crippen molar-refractivity contribution in [2.24, 2.45) is 0 Å². The lowest BCUT2D eigenvalue weighted by atomic mass is 10.1. The largest absolute Gasteiger partial charge is 0.482 e. The maximum Gasteiger partial charge on any atom is 0.349 e. The Morgan fingerprint density at radius 3 is 2.56 bits per heavy atom. The molecule has 0 saturated carbocycles. The third-order valence-corrected chi connectivity index (χ3v) is 4.69. The van der Waals surface area contributed by atoms with Crippen LogP contribution in [0.3, 0.4) is 0 Å². The van der Waals surface area contributed by atoms with Gasteiger partial charge in [0.15, 0.2) is 6.61 Å². The second-order valence-electron chi connectivity index (χ2n) is 6.96. The summed E-state index contributed by atoms with van der Waals surface area (Å²) in [6.07, 6.45) is 2.96. The molecule has 7 nitrogen and oxygen atoms in total. The molecule has 0 aliphatic carbocycles. The molecule has 0 aliphatic rings. The van der Waals surface area contributed by atoms with Crippen molar-refractivity contribution >= 4 is 18.0 Å². The van der Waals surface area contributed by atoms with Crippen LogP contribution in [-0.2, 0) is 16.1 Å². The van der Waals surface area contributed by atoms with Crippen LogP contribution in [0.2, 0.25) is 0 Å². The van der Waals surface area contributed by atoms with Crippen LogP contribution in [0.1, 0.15) is 22.5 Å². The number of esters is 1. The number of hydrogen-bond acceptors (Lipinski definition) is 6. The number of rotatable bonds is 8. The molecule has 3 aromatic rings. The lowest BCUT2D eigenvalue weighted by molar-refractivity contribution is -0.136. The smallest absolute Gasteiger partial charge is 0.349 e. The normalized spacial score (nSPS) is 10.8. The topological polar surface area (TPSA) is 102 Å². The molecule has 162 valence electrons. The Bertz CT molecular complexity index is 1160. The van der Waals surface area contributed by atoms with Crippen molar-refractivity contribution in [3.63, 3.8) is 0 Å². The Kier molecular flexibility index (Phi) is 7.44. The number of nitrogens with zero attached hydrogens (tertiary/aromatic N) is 1. The van der Waals surface area contributed by atoms with Crippen LogP contribution in [0.25, 0.3) is 6.08 Å². The highest BCUT2D eigenvalue weighted by Crippen LogP contribution is 2.21. The fourth-order valence-electron chi connectivity index (χ4n) is 2.80. The third-order valence-electron chi connectivity index (χ3n) is 4.69. The van der Waals surface area contributed by atoms with Crippen LogP contribution in [0.5, 0.6) is 11.5 Å². The van der Waals surface area contributed by atoms with Crippen molar-refractivity contribution in [1.29, 1.82) is 5.26 Å². The van der Waals surface area contributed by atoms with Gasteiger partial charge in [0, 0.05) is 0 Å². The number of carbonyl (C=O) groups excluding carboxylic acids is 2. The lowest BCUT2D eigenvalue weighted by Crippen LogP contribution is -2.23. The summed E-state index contributed by atoms with van der Waals surface area (Å²) in [5.41, 5.74) is 2.60. The number of nitrogens with one attached hydrogen (secondary N) is 1. The molecule has 7 heteroatoms. The van der Waals surface area contributed by atoms with Gasteiger partial charge in [0.1, 0.15) is 28.9 Å². The van der Waals surface area contributed by atoms with Crippen molar-refractivity contribution < 1.29 is 23.5 Å². The van der Waals surface area contributed by atoms with Gasteiger partial charge >= 0.3 is 5.97 Å². The van der Waals surface area contributed by atoms with Gasteiger partial charge < -0.3 is 19.2 Å². The maximum atomic E-state index is 12.2.